The van der Waals surface area contributed by atoms with E-state index < -0.39 is 11.9 Å². The van der Waals surface area contributed by atoms with Crippen molar-refractivity contribution in [2.45, 2.75) is 6.92 Å². The van der Waals surface area contributed by atoms with Gasteiger partial charge < -0.3 is 18.9 Å². The van der Waals surface area contributed by atoms with E-state index in [0.717, 1.165) is 22.2 Å². The molecule has 0 radical (unpaired) electrons. The summed E-state index contributed by atoms with van der Waals surface area (Å²) in [6.07, 6.45) is 1.61. The van der Waals surface area contributed by atoms with E-state index in [1.165, 1.54) is 7.11 Å². The van der Waals surface area contributed by atoms with Crippen LogP contribution in [0.2, 0.25) is 0 Å². The molecule has 0 saturated carbocycles. The molecule has 3 aromatic carbocycles. The SMILES string of the molecule is COc1ccccc1OCCN1C(=O)S/C(=C\c2cc(I)c(OC(=O)c3ccc(C)cc3)c(OC)c2)C1=O. The van der Waals surface area contributed by atoms with Crippen LogP contribution in [0.3, 0.4) is 0 Å². The van der Waals surface area contributed by atoms with Crippen LogP contribution in [0.15, 0.2) is 65.6 Å². The van der Waals surface area contributed by atoms with Crippen molar-refractivity contribution in [1.82, 2.24) is 4.90 Å². The summed E-state index contributed by atoms with van der Waals surface area (Å²) in [6.45, 7) is 2.15. The summed E-state index contributed by atoms with van der Waals surface area (Å²) >= 11 is 2.89. The zero-order valence-electron chi connectivity index (χ0n) is 20.9. The Hall–Kier alpha value is -3.51. The number of rotatable bonds is 9. The molecule has 0 atom stereocenters. The molecule has 0 unspecified atom stereocenters. The maximum Gasteiger partial charge on any atom is 0.343 e. The van der Waals surface area contributed by atoms with Gasteiger partial charge in [0, 0.05) is 0 Å². The summed E-state index contributed by atoms with van der Waals surface area (Å²) in [5.41, 5.74) is 2.07. The maximum atomic E-state index is 13.0. The first kappa shape index (κ1) is 27.5. The third kappa shape index (κ3) is 6.30. The number of amides is 2. The lowest BCUT2D eigenvalue weighted by Crippen LogP contribution is -2.32. The summed E-state index contributed by atoms with van der Waals surface area (Å²) in [6, 6.07) is 17.6. The van der Waals surface area contributed by atoms with Crippen molar-refractivity contribution in [3.63, 3.8) is 0 Å². The van der Waals surface area contributed by atoms with Gasteiger partial charge in [-0.1, -0.05) is 29.8 Å². The largest absolute Gasteiger partial charge is 0.493 e. The number of imide groups is 1. The zero-order valence-corrected chi connectivity index (χ0v) is 23.8. The molecule has 1 saturated heterocycles. The number of aryl methyl sites for hydroxylation is 1. The number of thioether (sulfide) groups is 1. The highest BCUT2D eigenvalue weighted by Gasteiger charge is 2.35. The van der Waals surface area contributed by atoms with Gasteiger partial charge in [0.1, 0.15) is 6.61 Å². The number of hydrogen-bond donors (Lipinski definition) is 0. The van der Waals surface area contributed by atoms with Gasteiger partial charge >= 0.3 is 5.97 Å². The predicted molar refractivity (Wildman–Crippen MR) is 153 cm³/mol. The number of nitrogens with zero attached hydrogens (tertiary/aromatic N) is 1. The van der Waals surface area contributed by atoms with Gasteiger partial charge in [0.25, 0.3) is 11.1 Å². The van der Waals surface area contributed by atoms with Crippen LogP contribution in [-0.4, -0.2) is 49.4 Å². The molecule has 8 nitrogen and oxygen atoms in total. The molecule has 1 aliphatic rings. The molecule has 3 aromatic rings. The standard InChI is InChI=1S/C28H24INO7S/c1-17-8-10-19(11-9-17)27(32)37-25-20(29)14-18(15-23(25)35-3)16-24-26(31)30(28(33)38-24)12-13-36-22-7-5-4-6-21(22)34-2/h4-11,14-16H,12-13H2,1-3H3/b24-16-. The fraction of sp³-hybridized carbons (Fsp3) is 0.179. The molecule has 196 valence electrons. The molecule has 1 aliphatic heterocycles. The first-order chi connectivity index (χ1) is 18.3. The van der Waals surface area contributed by atoms with Crippen molar-refractivity contribution in [3.05, 3.63) is 85.8 Å². The fourth-order valence-corrected chi connectivity index (χ4v) is 5.19. The van der Waals surface area contributed by atoms with Crippen molar-refractivity contribution in [2.24, 2.45) is 0 Å². The molecule has 0 spiro atoms. The Morgan fingerprint density at radius 1 is 0.974 bits per heavy atom. The molecule has 0 N–H and O–H groups in total. The number of benzene rings is 3. The van der Waals surface area contributed by atoms with E-state index in [1.807, 2.05) is 53.8 Å². The van der Waals surface area contributed by atoms with Crippen LogP contribution in [0, 0.1) is 10.5 Å². The Morgan fingerprint density at radius 3 is 2.34 bits per heavy atom. The van der Waals surface area contributed by atoms with E-state index in [0.29, 0.717) is 31.9 Å². The Labute approximate surface area is 238 Å². The summed E-state index contributed by atoms with van der Waals surface area (Å²) < 4.78 is 22.7. The van der Waals surface area contributed by atoms with Crippen LogP contribution >= 0.6 is 34.4 Å². The highest BCUT2D eigenvalue weighted by atomic mass is 127. The first-order valence-electron chi connectivity index (χ1n) is 11.5. The van der Waals surface area contributed by atoms with Gasteiger partial charge in [0.15, 0.2) is 23.0 Å². The lowest BCUT2D eigenvalue weighted by Gasteiger charge is -2.14. The second-order valence-electron chi connectivity index (χ2n) is 8.12. The predicted octanol–water partition coefficient (Wildman–Crippen LogP) is 5.95. The number of carbonyl (C=O) groups is 3. The van der Waals surface area contributed by atoms with Crippen molar-refractivity contribution < 1.29 is 33.3 Å². The van der Waals surface area contributed by atoms with Crippen LogP contribution in [0.4, 0.5) is 4.79 Å². The van der Waals surface area contributed by atoms with Gasteiger partial charge in [-0.25, -0.2) is 4.79 Å². The summed E-state index contributed by atoms with van der Waals surface area (Å²) in [4.78, 5) is 39.5. The Bertz CT molecular complexity index is 1400. The number of para-hydroxylation sites is 2. The van der Waals surface area contributed by atoms with E-state index in [2.05, 4.69) is 0 Å². The van der Waals surface area contributed by atoms with E-state index in [-0.39, 0.29) is 29.0 Å². The molecule has 2 amide bonds. The van der Waals surface area contributed by atoms with E-state index >= 15 is 0 Å². The third-order valence-electron chi connectivity index (χ3n) is 5.55. The van der Waals surface area contributed by atoms with Crippen LogP contribution in [-0.2, 0) is 4.79 Å². The molecular weight excluding hydrogens is 621 g/mol. The van der Waals surface area contributed by atoms with E-state index in [4.69, 9.17) is 18.9 Å². The van der Waals surface area contributed by atoms with Crippen molar-refractivity contribution >= 4 is 57.5 Å². The number of methoxy groups -OCH3 is 2. The number of ether oxygens (including phenoxy) is 4. The summed E-state index contributed by atoms with van der Waals surface area (Å²) in [7, 11) is 3.01. The first-order valence-corrected chi connectivity index (χ1v) is 13.4. The van der Waals surface area contributed by atoms with Crippen molar-refractivity contribution in [1.29, 1.82) is 0 Å². The minimum Gasteiger partial charge on any atom is -0.493 e. The molecule has 0 aliphatic carbocycles. The van der Waals surface area contributed by atoms with Crippen molar-refractivity contribution in [2.75, 3.05) is 27.4 Å². The van der Waals surface area contributed by atoms with Gasteiger partial charge in [0.2, 0.25) is 0 Å². The van der Waals surface area contributed by atoms with E-state index in [9.17, 15) is 14.4 Å². The smallest absolute Gasteiger partial charge is 0.343 e. The Morgan fingerprint density at radius 2 is 1.66 bits per heavy atom. The fourth-order valence-electron chi connectivity index (χ4n) is 3.59. The molecule has 1 fully saturated rings. The average Bonchev–Trinajstić information content (AvgIpc) is 3.17. The second-order valence-corrected chi connectivity index (χ2v) is 10.3. The average molecular weight is 645 g/mol. The lowest BCUT2D eigenvalue weighted by molar-refractivity contribution is -0.123. The number of carbonyl (C=O) groups excluding carboxylic acids is 3. The van der Waals surface area contributed by atoms with Crippen LogP contribution in [0.5, 0.6) is 23.0 Å². The minimum absolute atomic E-state index is 0.0921. The topological polar surface area (TPSA) is 91.4 Å². The van der Waals surface area contributed by atoms with Gasteiger partial charge in [-0.2, -0.15) is 0 Å². The van der Waals surface area contributed by atoms with Gasteiger partial charge in [-0.15, -0.1) is 0 Å². The third-order valence-corrected chi connectivity index (χ3v) is 7.26. The summed E-state index contributed by atoms with van der Waals surface area (Å²) in [5.74, 6) is 0.781. The number of halogens is 1. The molecule has 1 heterocycles. The number of esters is 1. The number of hydrogen-bond acceptors (Lipinski definition) is 8. The van der Waals surface area contributed by atoms with Crippen LogP contribution < -0.4 is 18.9 Å². The van der Waals surface area contributed by atoms with Gasteiger partial charge in [0.05, 0.1) is 34.8 Å². The molecule has 0 bridgehead atoms. The molecule has 0 aromatic heterocycles. The monoisotopic (exact) mass is 645 g/mol. The zero-order chi connectivity index (χ0) is 27.2. The van der Waals surface area contributed by atoms with E-state index in [1.54, 1.807) is 49.6 Å². The molecule has 4 rings (SSSR count). The Kier molecular flexibility index (Phi) is 8.95. The minimum atomic E-state index is -0.509. The normalized spacial score (nSPS) is 14.1. The molecule has 38 heavy (non-hydrogen) atoms. The van der Waals surface area contributed by atoms with Crippen LogP contribution in [0.1, 0.15) is 21.5 Å². The molecule has 10 heteroatoms. The van der Waals surface area contributed by atoms with Gasteiger partial charge in [-0.05, 0) is 89.3 Å². The summed E-state index contributed by atoms with van der Waals surface area (Å²) in [5, 5.41) is -0.379. The van der Waals surface area contributed by atoms with Crippen LogP contribution in [0.25, 0.3) is 6.08 Å². The molecular formula is C28H24INO7S. The van der Waals surface area contributed by atoms with Gasteiger partial charge in [-0.3, -0.25) is 14.5 Å². The van der Waals surface area contributed by atoms with Crippen molar-refractivity contribution in [3.8, 4) is 23.0 Å². The highest BCUT2D eigenvalue weighted by molar-refractivity contribution is 14.1. The maximum absolute atomic E-state index is 13.0. The lowest BCUT2D eigenvalue weighted by atomic mass is 10.1. The Balaban J connectivity index is 1.46. The second kappa shape index (κ2) is 12.4. The quantitative estimate of drug-likeness (QED) is 0.122. The highest BCUT2D eigenvalue weighted by Crippen LogP contribution is 2.37.